The van der Waals surface area contributed by atoms with Crippen molar-refractivity contribution in [2.45, 2.75) is 24.3 Å². The van der Waals surface area contributed by atoms with E-state index in [4.69, 9.17) is 5.73 Å². The Morgan fingerprint density at radius 3 is 2.18 bits per heavy atom. The Morgan fingerprint density at radius 1 is 1.09 bits per heavy atom. The number of carbonyl (C=O) groups excluding carboxylic acids is 1. The zero-order valence-electron chi connectivity index (χ0n) is 12.2. The summed E-state index contributed by atoms with van der Waals surface area (Å²) in [4.78, 5) is 11.7. The van der Waals surface area contributed by atoms with E-state index >= 15 is 0 Å². The first-order chi connectivity index (χ1) is 10.4. The Morgan fingerprint density at radius 2 is 1.68 bits per heavy atom. The lowest BCUT2D eigenvalue weighted by atomic mass is 10.1. The van der Waals surface area contributed by atoms with E-state index in [1.54, 1.807) is 42.5 Å². The molecule has 1 atom stereocenters. The minimum Gasteiger partial charge on any atom is -0.368 e. The van der Waals surface area contributed by atoms with E-state index in [1.807, 2.05) is 6.92 Å². The van der Waals surface area contributed by atoms with Gasteiger partial charge < -0.3 is 5.73 Å². The summed E-state index contributed by atoms with van der Waals surface area (Å²) < 4.78 is 27.2. The Labute approximate surface area is 130 Å². The minimum atomic E-state index is -3.83. The van der Waals surface area contributed by atoms with Crippen molar-refractivity contribution in [1.82, 2.24) is 4.72 Å². The van der Waals surface area contributed by atoms with E-state index in [1.165, 1.54) is 12.1 Å². The highest BCUT2D eigenvalue weighted by Crippen LogP contribution is 2.17. The first-order valence-corrected chi connectivity index (χ1v) is 8.38. The summed E-state index contributed by atoms with van der Waals surface area (Å²) in [6.07, 6.45) is 0.821. The van der Waals surface area contributed by atoms with Crippen LogP contribution in [-0.2, 0) is 21.2 Å². The number of nitrogens with two attached hydrogens (primary N) is 1. The molecule has 116 valence electrons. The second-order valence-corrected chi connectivity index (χ2v) is 6.58. The maximum absolute atomic E-state index is 12.4. The van der Waals surface area contributed by atoms with Crippen LogP contribution in [0.1, 0.15) is 24.1 Å². The van der Waals surface area contributed by atoms with Gasteiger partial charge in [0.1, 0.15) is 6.04 Å². The quantitative estimate of drug-likeness (QED) is 0.850. The fourth-order valence-corrected chi connectivity index (χ4v) is 3.26. The van der Waals surface area contributed by atoms with E-state index in [2.05, 4.69) is 4.72 Å². The number of aryl methyl sites for hydroxylation is 1. The highest BCUT2D eigenvalue weighted by Gasteiger charge is 2.25. The molecule has 2 aromatic carbocycles. The second kappa shape index (κ2) is 6.72. The predicted octanol–water partition coefficient (Wildman–Crippen LogP) is 1.75. The third-order valence-corrected chi connectivity index (χ3v) is 4.77. The molecular weight excluding hydrogens is 300 g/mol. The van der Waals surface area contributed by atoms with Crippen molar-refractivity contribution in [3.8, 4) is 0 Å². The molecular formula is C16H18N2O3S. The van der Waals surface area contributed by atoms with E-state index < -0.39 is 22.0 Å². The largest absolute Gasteiger partial charge is 0.368 e. The maximum atomic E-state index is 12.4. The van der Waals surface area contributed by atoms with E-state index in [-0.39, 0.29) is 4.90 Å². The molecule has 1 unspecified atom stereocenters. The SMILES string of the molecule is CCc1ccc(S(=O)(=O)NC(C(N)=O)c2ccccc2)cc1. The van der Waals surface area contributed by atoms with E-state index in [0.29, 0.717) is 5.56 Å². The zero-order valence-corrected chi connectivity index (χ0v) is 13.0. The summed E-state index contributed by atoms with van der Waals surface area (Å²) in [5, 5.41) is 0. The standard InChI is InChI=1S/C16H18N2O3S/c1-2-12-8-10-14(11-9-12)22(20,21)18-15(16(17)19)13-6-4-3-5-7-13/h3-11,15,18H,2H2,1H3,(H2,17,19). The molecule has 3 N–H and O–H groups in total. The number of hydrogen-bond acceptors (Lipinski definition) is 3. The average molecular weight is 318 g/mol. The van der Waals surface area contributed by atoms with Gasteiger partial charge in [-0.05, 0) is 29.7 Å². The average Bonchev–Trinajstić information content (AvgIpc) is 2.53. The summed E-state index contributed by atoms with van der Waals surface area (Å²) in [5.74, 6) is -0.750. The van der Waals surface area contributed by atoms with Crippen LogP contribution in [-0.4, -0.2) is 14.3 Å². The molecule has 0 aliphatic heterocycles. The summed E-state index contributed by atoms with van der Waals surface area (Å²) >= 11 is 0. The van der Waals surface area contributed by atoms with Gasteiger partial charge in [0.05, 0.1) is 4.90 Å². The highest BCUT2D eigenvalue weighted by molar-refractivity contribution is 7.89. The fourth-order valence-electron chi connectivity index (χ4n) is 2.06. The molecule has 0 aliphatic rings. The maximum Gasteiger partial charge on any atom is 0.241 e. The molecule has 6 heteroatoms. The topological polar surface area (TPSA) is 89.3 Å². The van der Waals surface area contributed by atoms with Crippen LogP contribution in [0, 0.1) is 0 Å². The van der Waals surface area contributed by atoms with Crippen LogP contribution in [0.15, 0.2) is 59.5 Å². The number of nitrogens with one attached hydrogen (secondary N) is 1. The molecule has 0 saturated heterocycles. The van der Waals surface area contributed by atoms with Gasteiger partial charge in [-0.3, -0.25) is 4.79 Å². The minimum absolute atomic E-state index is 0.104. The van der Waals surface area contributed by atoms with E-state index in [9.17, 15) is 13.2 Å². The van der Waals surface area contributed by atoms with Gasteiger partial charge >= 0.3 is 0 Å². The van der Waals surface area contributed by atoms with Gasteiger partial charge in [0, 0.05) is 0 Å². The molecule has 2 rings (SSSR count). The lowest BCUT2D eigenvalue weighted by Gasteiger charge is -2.16. The molecule has 0 bridgehead atoms. The van der Waals surface area contributed by atoms with Gasteiger partial charge in [0.15, 0.2) is 0 Å². The number of amides is 1. The van der Waals surface area contributed by atoms with Gasteiger partial charge in [0.25, 0.3) is 0 Å². The van der Waals surface area contributed by atoms with Gasteiger partial charge in [-0.25, -0.2) is 8.42 Å². The molecule has 2 aromatic rings. The lowest BCUT2D eigenvalue weighted by Crippen LogP contribution is -2.37. The van der Waals surface area contributed by atoms with Crippen molar-refractivity contribution in [2.24, 2.45) is 5.73 Å². The molecule has 0 aliphatic carbocycles. The van der Waals surface area contributed by atoms with Crippen molar-refractivity contribution < 1.29 is 13.2 Å². The molecule has 5 nitrogen and oxygen atoms in total. The molecule has 0 saturated carbocycles. The molecule has 0 aromatic heterocycles. The third kappa shape index (κ3) is 3.72. The first-order valence-electron chi connectivity index (χ1n) is 6.89. The summed E-state index contributed by atoms with van der Waals surface area (Å²) in [7, 11) is -3.83. The smallest absolute Gasteiger partial charge is 0.241 e. The molecule has 0 spiro atoms. The Hall–Kier alpha value is -2.18. The zero-order chi connectivity index (χ0) is 16.2. The third-order valence-electron chi connectivity index (χ3n) is 3.33. The highest BCUT2D eigenvalue weighted by atomic mass is 32.2. The Balaban J connectivity index is 2.30. The Kier molecular flexibility index (Phi) is 4.95. The Bertz CT molecular complexity index is 741. The van der Waals surface area contributed by atoms with Gasteiger partial charge in [0.2, 0.25) is 15.9 Å². The van der Waals surface area contributed by atoms with Crippen molar-refractivity contribution in [3.63, 3.8) is 0 Å². The number of carbonyl (C=O) groups is 1. The summed E-state index contributed by atoms with van der Waals surface area (Å²) in [5.41, 5.74) is 6.87. The summed E-state index contributed by atoms with van der Waals surface area (Å²) in [6, 6.07) is 13.9. The van der Waals surface area contributed by atoms with Gasteiger partial charge in [-0.2, -0.15) is 4.72 Å². The molecule has 22 heavy (non-hydrogen) atoms. The van der Waals surface area contributed by atoms with Crippen LogP contribution in [0.4, 0.5) is 0 Å². The monoisotopic (exact) mass is 318 g/mol. The lowest BCUT2D eigenvalue weighted by molar-refractivity contribution is -0.119. The number of primary amides is 1. The van der Waals surface area contributed by atoms with Crippen LogP contribution in [0.5, 0.6) is 0 Å². The van der Waals surface area contributed by atoms with Crippen molar-refractivity contribution >= 4 is 15.9 Å². The van der Waals surface area contributed by atoms with E-state index in [0.717, 1.165) is 12.0 Å². The first kappa shape index (κ1) is 16.2. The predicted molar refractivity (Wildman–Crippen MR) is 84.5 cm³/mol. The molecule has 0 radical (unpaired) electrons. The summed E-state index contributed by atoms with van der Waals surface area (Å²) in [6.45, 7) is 1.99. The molecule has 0 heterocycles. The van der Waals surface area contributed by atoms with Gasteiger partial charge in [-0.1, -0.05) is 49.4 Å². The van der Waals surface area contributed by atoms with Crippen molar-refractivity contribution in [1.29, 1.82) is 0 Å². The molecule has 0 fully saturated rings. The number of sulfonamides is 1. The molecule has 1 amide bonds. The number of benzene rings is 2. The number of hydrogen-bond donors (Lipinski definition) is 2. The normalized spacial score (nSPS) is 12.8. The van der Waals surface area contributed by atoms with Gasteiger partial charge in [-0.15, -0.1) is 0 Å². The fraction of sp³-hybridized carbons (Fsp3) is 0.188. The second-order valence-electron chi connectivity index (χ2n) is 4.86. The van der Waals surface area contributed by atoms with Crippen LogP contribution in [0.25, 0.3) is 0 Å². The van der Waals surface area contributed by atoms with Crippen molar-refractivity contribution in [3.05, 3.63) is 65.7 Å². The van der Waals surface area contributed by atoms with Crippen LogP contribution < -0.4 is 10.5 Å². The number of rotatable bonds is 6. The van der Waals surface area contributed by atoms with Crippen molar-refractivity contribution in [2.75, 3.05) is 0 Å². The van der Waals surface area contributed by atoms with Crippen LogP contribution in [0.2, 0.25) is 0 Å². The van der Waals surface area contributed by atoms with Crippen LogP contribution in [0.3, 0.4) is 0 Å². The van der Waals surface area contributed by atoms with Crippen LogP contribution >= 0.6 is 0 Å².